The van der Waals surface area contributed by atoms with Crippen molar-refractivity contribution in [3.63, 3.8) is 0 Å². The number of hydrogen-bond donors (Lipinski definition) is 1. The Balaban J connectivity index is 1.57. The van der Waals surface area contributed by atoms with Gasteiger partial charge < -0.3 is 9.64 Å². The van der Waals surface area contributed by atoms with Gasteiger partial charge in [0.25, 0.3) is 0 Å². The molecule has 0 radical (unpaired) electrons. The number of rotatable bonds is 6. The zero-order valence-corrected chi connectivity index (χ0v) is 18.0. The van der Waals surface area contributed by atoms with E-state index in [1.807, 2.05) is 6.07 Å². The first-order valence-electron chi connectivity index (χ1n) is 10.3. The van der Waals surface area contributed by atoms with Crippen LogP contribution in [0, 0.1) is 5.82 Å². The SMILES string of the molecule is CC(=O)N1CCC[C@H](NS(C)(=O)=O)[C@@H]1CO[C@H]1CC[C@@H](c2cccc(F)c2)CC1. The van der Waals surface area contributed by atoms with Gasteiger partial charge in [-0.25, -0.2) is 17.5 Å². The maximum atomic E-state index is 13.5. The molecule has 162 valence electrons. The molecule has 1 aliphatic heterocycles. The molecular weight excluding hydrogens is 395 g/mol. The Labute approximate surface area is 172 Å². The molecule has 1 aromatic rings. The molecule has 1 N–H and O–H groups in total. The molecule has 2 fully saturated rings. The Morgan fingerprint density at radius 3 is 2.59 bits per heavy atom. The number of ether oxygens (including phenoxy) is 1. The van der Waals surface area contributed by atoms with Crippen molar-refractivity contribution < 1.29 is 22.3 Å². The van der Waals surface area contributed by atoms with Crippen LogP contribution < -0.4 is 4.72 Å². The van der Waals surface area contributed by atoms with Crippen LogP contribution in [0.15, 0.2) is 24.3 Å². The Bertz CT molecular complexity index is 809. The first-order chi connectivity index (χ1) is 13.7. The van der Waals surface area contributed by atoms with Crippen LogP contribution >= 0.6 is 0 Å². The molecule has 2 aliphatic rings. The zero-order valence-electron chi connectivity index (χ0n) is 17.1. The first-order valence-corrected chi connectivity index (χ1v) is 12.2. The van der Waals surface area contributed by atoms with Gasteiger partial charge >= 0.3 is 0 Å². The second-order valence-corrected chi connectivity index (χ2v) is 10.1. The predicted octanol–water partition coefficient (Wildman–Crippen LogP) is 2.80. The maximum Gasteiger partial charge on any atom is 0.219 e. The van der Waals surface area contributed by atoms with Gasteiger partial charge in [0.1, 0.15) is 5.82 Å². The van der Waals surface area contributed by atoms with Gasteiger partial charge in [-0.05, 0) is 62.1 Å². The number of piperidine rings is 1. The lowest BCUT2D eigenvalue weighted by Gasteiger charge is -2.41. The second kappa shape index (κ2) is 9.53. The third kappa shape index (κ3) is 6.23. The van der Waals surface area contributed by atoms with Crippen LogP contribution in [0.1, 0.15) is 56.9 Å². The summed E-state index contributed by atoms with van der Waals surface area (Å²) in [5.41, 5.74) is 1.04. The van der Waals surface area contributed by atoms with Crippen molar-refractivity contribution in [1.82, 2.24) is 9.62 Å². The van der Waals surface area contributed by atoms with Gasteiger partial charge in [0, 0.05) is 19.5 Å². The molecule has 0 spiro atoms. The fourth-order valence-corrected chi connectivity index (χ4v) is 5.45. The van der Waals surface area contributed by atoms with Crippen molar-refractivity contribution in [2.24, 2.45) is 0 Å². The van der Waals surface area contributed by atoms with Gasteiger partial charge in [-0.15, -0.1) is 0 Å². The van der Waals surface area contributed by atoms with Gasteiger partial charge in [-0.1, -0.05) is 12.1 Å². The Morgan fingerprint density at radius 1 is 1.24 bits per heavy atom. The molecule has 0 aromatic heterocycles. The molecule has 29 heavy (non-hydrogen) atoms. The van der Waals surface area contributed by atoms with E-state index in [0.29, 0.717) is 25.5 Å². The quantitative estimate of drug-likeness (QED) is 0.759. The highest BCUT2D eigenvalue weighted by molar-refractivity contribution is 7.88. The molecule has 0 unspecified atom stereocenters. The minimum atomic E-state index is -3.36. The number of sulfonamides is 1. The van der Waals surface area contributed by atoms with E-state index < -0.39 is 10.0 Å². The van der Waals surface area contributed by atoms with E-state index in [0.717, 1.165) is 43.9 Å². The summed E-state index contributed by atoms with van der Waals surface area (Å²) in [7, 11) is -3.36. The summed E-state index contributed by atoms with van der Waals surface area (Å²) in [5, 5.41) is 0. The molecule has 0 bridgehead atoms. The standard InChI is InChI=1S/C21H31FN2O4S/c1-15(25)24-12-4-7-20(23-29(2,26)27)21(24)14-28-19-10-8-16(9-11-19)17-5-3-6-18(22)13-17/h3,5-6,13,16,19-21,23H,4,7-12,14H2,1-2H3/t16-,19+,20-,21-/m0/s1. The summed E-state index contributed by atoms with van der Waals surface area (Å²) < 4.78 is 45.8. The number of likely N-dealkylation sites (tertiary alicyclic amines) is 1. The van der Waals surface area contributed by atoms with Gasteiger partial charge in [0.05, 0.1) is 25.0 Å². The van der Waals surface area contributed by atoms with E-state index in [1.54, 1.807) is 17.0 Å². The van der Waals surface area contributed by atoms with Crippen molar-refractivity contribution in [3.05, 3.63) is 35.6 Å². The summed E-state index contributed by atoms with van der Waals surface area (Å²) in [6, 6.07) is 6.18. The Morgan fingerprint density at radius 2 is 1.97 bits per heavy atom. The molecule has 1 heterocycles. The molecule has 3 rings (SSSR count). The summed E-state index contributed by atoms with van der Waals surface area (Å²) in [4.78, 5) is 13.8. The van der Waals surface area contributed by atoms with E-state index >= 15 is 0 Å². The lowest BCUT2D eigenvalue weighted by molar-refractivity contribution is -0.136. The molecular formula is C21H31FN2O4S. The lowest BCUT2D eigenvalue weighted by atomic mass is 9.82. The average Bonchev–Trinajstić information content (AvgIpc) is 2.66. The Kier molecular flexibility index (Phi) is 7.29. The highest BCUT2D eigenvalue weighted by Crippen LogP contribution is 2.34. The number of amides is 1. The highest BCUT2D eigenvalue weighted by Gasteiger charge is 2.35. The summed E-state index contributed by atoms with van der Waals surface area (Å²) in [5.74, 6) is 0.0777. The average molecular weight is 427 g/mol. The third-order valence-electron chi connectivity index (χ3n) is 6.05. The van der Waals surface area contributed by atoms with Crippen LogP contribution in [0.5, 0.6) is 0 Å². The summed E-state index contributed by atoms with van der Waals surface area (Å²) >= 11 is 0. The Hall–Kier alpha value is -1.51. The van der Waals surface area contributed by atoms with Crippen LogP contribution in [0.2, 0.25) is 0 Å². The normalized spacial score (nSPS) is 28.3. The van der Waals surface area contributed by atoms with Crippen molar-refractivity contribution in [1.29, 1.82) is 0 Å². The molecule has 1 saturated carbocycles. The number of nitrogens with zero attached hydrogens (tertiary/aromatic N) is 1. The van der Waals surface area contributed by atoms with E-state index in [9.17, 15) is 17.6 Å². The largest absolute Gasteiger partial charge is 0.376 e. The van der Waals surface area contributed by atoms with E-state index in [4.69, 9.17) is 4.74 Å². The molecule has 1 aromatic carbocycles. The number of carbonyl (C=O) groups is 1. The number of carbonyl (C=O) groups excluding carboxylic acids is 1. The minimum absolute atomic E-state index is 0.0617. The molecule has 1 aliphatic carbocycles. The van der Waals surface area contributed by atoms with Crippen molar-refractivity contribution >= 4 is 15.9 Å². The summed E-state index contributed by atoms with van der Waals surface area (Å²) in [6.07, 6.45) is 6.29. The predicted molar refractivity (Wildman–Crippen MR) is 110 cm³/mol. The van der Waals surface area contributed by atoms with Crippen LogP contribution in [-0.2, 0) is 19.6 Å². The van der Waals surface area contributed by atoms with Crippen LogP contribution in [0.4, 0.5) is 4.39 Å². The van der Waals surface area contributed by atoms with E-state index in [-0.39, 0.29) is 29.9 Å². The molecule has 1 saturated heterocycles. The van der Waals surface area contributed by atoms with Crippen LogP contribution in [-0.4, -0.2) is 56.8 Å². The first kappa shape index (κ1) is 22.2. The van der Waals surface area contributed by atoms with Gasteiger partial charge in [0.2, 0.25) is 15.9 Å². The van der Waals surface area contributed by atoms with Gasteiger partial charge in [-0.2, -0.15) is 0 Å². The fourth-order valence-electron chi connectivity index (χ4n) is 4.62. The molecule has 8 heteroatoms. The number of halogens is 1. The summed E-state index contributed by atoms with van der Waals surface area (Å²) in [6.45, 7) is 2.46. The smallest absolute Gasteiger partial charge is 0.219 e. The van der Waals surface area contributed by atoms with Crippen molar-refractivity contribution in [3.8, 4) is 0 Å². The number of benzene rings is 1. The lowest BCUT2D eigenvalue weighted by Crippen LogP contribution is -2.58. The highest BCUT2D eigenvalue weighted by atomic mass is 32.2. The minimum Gasteiger partial charge on any atom is -0.376 e. The molecule has 6 nitrogen and oxygen atoms in total. The number of nitrogens with one attached hydrogen (secondary N) is 1. The topological polar surface area (TPSA) is 75.7 Å². The molecule has 1 amide bonds. The third-order valence-corrected chi connectivity index (χ3v) is 6.78. The van der Waals surface area contributed by atoms with E-state index in [1.165, 1.54) is 13.0 Å². The van der Waals surface area contributed by atoms with Crippen LogP contribution in [0.25, 0.3) is 0 Å². The molecule has 2 atom stereocenters. The second-order valence-electron chi connectivity index (χ2n) is 8.28. The zero-order chi connectivity index (χ0) is 21.0. The maximum absolute atomic E-state index is 13.5. The monoisotopic (exact) mass is 426 g/mol. The number of hydrogen-bond acceptors (Lipinski definition) is 4. The van der Waals surface area contributed by atoms with Gasteiger partial charge in [-0.3, -0.25) is 4.79 Å². The van der Waals surface area contributed by atoms with Crippen molar-refractivity contribution in [2.45, 2.75) is 69.6 Å². The van der Waals surface area contributed by atoms with Crippen molar-refractivity contribution in [2.75, 3.05) is 19.4 Å². The fraction of sp³-hybridized carbons (Fsp3) is 0.667. The van der Waals surface area contributed by atoms with Gasteiger partial charge in [0.15, 0.2) is 0 Å². The van der Waals surface area contributed by atoms with E-state index in [2.05, 4.69) is 4.72 Å². The van der Waals surface area contributed by atoms with Crippen LogP contribution in [0.3, 0.4) is 0 Å².